The minimum absolute atomic E-state index is 0.563. The smallest absolute Gasteiger partial charge is 0.000546 e. The Morgan fingerprint density at radius 1 is 1.28 bits per heavy atom. The molecule has 100 valence electrons. The summed E-state index contributed by atoms with van der Waals surface area (Å²) in [6.45, 7) is 7.58. The summed E-state index contributed by atoms with van der Waals surface area (Å²) in [4.78, 5) is 0. The van der Waals surface area contributed by atoms with Crippen molar-refractivity contribution in [3.05, 3.63) is 34.9 Å². The molecule has 0 spiro atoms. The van der Waals surface area contributed by atoms with E-state index in [0.717, 1.165) is 18.4 Å². The summed E-state index contributed by atoms with van der Waals surface area (Å²) in [5.41, 5.74) is 10.3. The molecule has 1 nitrogen and oxygen atoms in total. The van der Waals surface area contributed by atoms with Crippen LogP contribution in [0.3, 0.4) is 0 Å². The largest absolute Gasteiger partial charge is 0.330 e. The molecular weight excluding hydrogens is 218 g/mol. The number of nitrogens with two attached hydrogens (primary N) is 1. The van der Waals surface area contributed by atoms with Crippen LogP contribution in [0.25, 0.3) is 0 Å². The van der Waals surface area contributed by atoms with Crippen molar-refractivity contribution >= 4 is 0 Å². The maximum Gasteiger partial charge on any atom is -0.000546 e. The van der Waals surface area contributed by atoms with Gasteiger partial charge in [-0.05, 0) is 62.1 Å². The van der Waals surface area contributed by atoms with Crippen LogP contribution in [-0.2, 0) is 0 Å². The molecule has 1 aliphatic carbocycles. The number of rotatable bonds is 3. The van der Waals surface area contributed by atoms with Gasteiger partial charge in [0.1, 0.15) is 0 Å². The molecule has 1 fully saturated rings. The van der Waals surface area contributed by atoms with Crippen molar-refractivity contribution in [1.82, 2.24) is 0 Å². The summed E-state index contributed by atoms with van der Waals surface area (Å²) in [5, 5.41) is 0. The lowest BCUT2D eigenvalue weighted by atomic mass is 9.72. The molecule has 1 saturated carbocycles. The number of hydrogen-bond donors (Lipinski definition) is 1. The third-order valence-corrected chi connectivity index (χ3v) is 4.62. The van der Waals surface area contributed by atoms with E-state index >= 15 is 0 Å². The van der Waals surface area contributed by atoms with Crippen molar-refractivity contribution in [1.29, 1.82) is 0 Å². The van der Waals surface area contributed by atoms with Crippen LogP contribution in [0.5, 0.6) is 0 Å². The van der Waals surface area contributed by atoms with Gasteiger partial charge in [0.2, 0.25) is 0 Å². The Labute approximate surface area is 112 Å². The molecule has 0 aliphatic heterocycles. The van der Waals surface area contributed by atoms with E-state index in [1.54, 1.807) is 0 Å². The maximum absolute atomic E-state index is 6.09. The normalized spacial score (nSPS) is 26.0. The zero-order valence-electron chi connectivity index (χ0n) is 12.1. The molecule has 1 aliphatic rings. The van der Waals surface area contributed by atoms with Crippen LogP contribution in [0.2, 0.25) is 0 Å². The second-order valence-corrected chi connectivity index (χ2v) is 6.23. The first-order valence-electron chi connectivity index (χ1n) is 7.39. The highest BCUT2D eigenvalue weighted by Crippen LogP contribution is 2.38. The minimum Gasteiger partial charge on any atom is -0.330 e. The van der Waals surface area contributed by atoms with E-state index in [1.165, 1.54) is 42.4 Å². The molecule has 2 N–H and O–H groups in total. The van der Waals surface area contributed by atoms with Gasteiger partial charge in [0, 0.05) is 0 Å². The predicted octanol–water partition coefficient (Wildman–Crippen LogP) is 4.17. The van der Waals surface area contributed by atoms with Crippen LogP contribution < -0.4 is 5.73 Å². The predicted molar refractivity (Wildman–Crippen MR) is 78.8 cm³/mol. The van der Waals surface area contributed by atoms with Crippen LogP contribution in [0.1, 0.15) is 55.2 Å². The molecule has 0 aromatic heterocycles. The Kier molecular flexibility index (Phi) is 4.45. The quantitative estimate of drug-likeness (QED) is 0.849. The van der Waals surface area contributed by atoms with E-state index in [4.69, 9.17) is 5.73 Å². The lowest BCUT2D eigenvalue weighted by Crippen LogP contribution is -2.26. The zero-order valence-corrected chi connectivity index (χ0v) is 12.1. The van der Waals surface area contributed by atoms with Gasteiger partial charge in [0.15, 0.2) is 0 Å². The zero-order chi connectivity index (χ0) is 13.1. The third kappa shape index (κ3) is 2.95. The average Bonchev–Trinajstić information content (AvgIpc) is 2.33. The van der Waals surface area contributed by atoms with Gasteiger partial charge in [-0.15, -0.1) is 0 Å². The Bertz CT molecular complexity index is 397. The maximum atomic E-state index is 6.09. The van der Waals surface area contributed by atoms with Crippen molar-refractivity contribution in [2.45, 2.75) is 52.4 Å². The van der Waals surface area contributed by atoms with Gasteiger partial charge in [-0.3, -0.25) is 0 Å². The van der Waals surface area contributed by atoms with Gasteiger partial charge in [-0.2, -0.15) is 0 Å². The molecule has 3 unspecified atom stereocenters. The van der Waals surface area contributed by atoms with E-state index in [9.17, 15) is 0 Å². The molecule has 2 rings (SSSR count). The third-order valence-electron chi connectivity index (χ3n) is 4.62. The fourth-order valence-electron chi connectivity index (χ4n) is 3.66. The van der Waals surface area contributed by atoms with E-state index in [2.05, 4.69) is 39.0 Å². The highest BCUT2D eigenvalue weighted by atomic mass is 14.6. The lowest BCUT2D eigenvalue weighted by Gasteiger charge is -2.33. The molecule has 0 amide bonds. The molecule has 0 saturated heterocycles. The Hall–Kier alpha value is -0.820. The van der Waals surface area contributed by atoms with Gasteiger partial charge in [0.25, 0.3) is 0 Å². The summed E-state index contributed by atoms with van der Waals surface area (Å²) < 4.78 is 0. The standard InChI is InChI=1S/C17H27N/c1-12-5-4-6-15(10-12)17(11-18)16-8-7-13(2)9-14(16)3/h7-9,12,15,17H,4-6,10-11,18H2,1-3H3. The first-order valence-corrected chi connectivity index (χ1v) is 7.39. The van der Waals surface area contributed by atoms with Crippen LogP contribution in [-0.4, -0.2) is 6.54 Å². The Balaban J connectivity index is 2.21. The van der Waals surface area contributed by atoms with Gasteiger partial charge in [-0.1, -0.05) is 43.5 Å². The first-order chi connectivity index (χ1) is 8.61. The monoisotopic (exact) mass is 245 g/mol. The second-order valence-electron chi connectivity index (χ2n) is 6.23. The second kappa shape index (κ2) is 5.88. The number of aryl methyl sites for hydroxylation is 2. The highest BCUT2D eigenvalue weighted by Gasteiger charge is 2.27. The Morgan fingerprint density at radius 2 is 2.06 bits per heavy atom. The van der Waals surface area contributed by atoms with Gasteiger partial charge in [0.05, 0.1) is 0 Å². The molecule has 0 radical (unpaired) electrons. The fourth-order valence-corrected chi connectivity index (χ4v) is 3.66. The van der Waals surface area contributed by atoms with E-state index in [-0.39, 0.29) is 0 Å². The SMILES string of the molecule is Cc1ccc(C(CN)C2CCCC(C)C2)c(C)c1. The van der Waals surface area contributed by atoms with Crippen LogP contribution in [0.4, 0.5) is 0 Å². The molecule has 1 heteroatoms. The van der Waals surface area contributed by atoms with E-state index in [0.29, 0.717) is 5.92 Å². The van der Waals surface area contributed by atoms with Crippen LogP contribution in [0, 0.1) is 25.7 Å². The number of hydrogen-bond acceptors (Lipinski definition) is 1. The molecule has 1 aromatic rings. The van der Waals surface area contributed by atoms with Crippen LogP contribution in [0.15, 0.2) is 18.2 Å². The van der Waals surface area contributed by atoms with Crippen molar-refractivity contribution in [2.75, 3.05) is 6.54 Å². The summed E-state index contributed by atoms with van der Waals surface area (Å²) in [6.07, 6.45) is 5.50. The molecular formula is C17H27N. The minimum atomic E-state index is 0.563. The van der Waals surface area contributed by atoms with Gasteiger partial charge < -0.3 is 5.73 Å². The number of benzene rings is 1. The average molecular weight is 245 g/mol. The molecule has 18 heavy (non-hydrogen) atoms. The lowest BCUT2D eigenvalue weighted by molar-refractivity contribution is 0.247. The fraction of sp³-hybridized carbons (Fsp3) is 0.647. The summed E-state index contributed by atoms with van der Waals surface area (Å²) >= 11 is 0. The molecule has 1 aromatic carbocycles. The summed E-state index contributed by atoms with van der Waals surface area (Å²) in [7, 11) is 0. The van der Waals surface area contributed by atoms with Crippen molar-refractivity contribution in [3.8, 4) is 0 Å². The molecule has 0 bridgehead atoms. The topological polar surface area (TPSA) is 26.0 Å². The van der Waals surface area contributed by atoms with Crippen molar-refractivity contribution in [3.63, 3.8) is 0 Å². The molecule has 3 atom stereocenters. The summed E-state index contributed by atoms with van der Waals surface area (Å²) in [5.74, 6) is 2.23. The van der Waals surface area contributed by atoms with Crippen LogP contribution >= 0.6 is 0 Å². The summed E-state index contributed by atoms with van der Waals surface area (Å²) in [6, 6.07) is 6.84. The highest BCUT2D eigenvalue weighted by molar-refractivity contribution is 5.33. The van der Waals surface area contributed by atoms with Gasteiger partial charge >= 0.3 is 0 Å². The van der Waals surface area contributed by atoms with Crippen molar-refractivity contribution in [2.24, 2.45) is 17.6 Å². The van der Waals surface area contributed by atoms with E-state index in [1.807, 2.05) is 0 Å². The van der Waals surface area contributed by atoms with Gasteiger partial charge in [-0.25, -0.2) is 0 Å². The first kappa shape index (κ1) is 13.6. The molecule has 0 heterocycles. The van der Waals surface area contributed by atoms with Crippen molar-refractivity contribution < 1.29 is 0 Å². The van der Waals surface area contributed by atoms with E-state index < -0.39 is 0 Å². The Morgan fingerprint density at radius 3 is 2.67 bits per heavy atom.